The molecule has 0 radical (unpaired) electrons. The van der Waals surface area contributed by atoms with E-state index in [4.69, 9.17) is 9.84 Å². The van der Waals surface area contributed by atoms with E-state index in [0.29, 0.717) is 24.1 Å². The van der Waals surface area contributed by atoms with Crippen molar-refractivity contribution in [2.75, 3.05) is 30.4 Å². The molecule has 5 rings (SSSR count). The van der Waals surface area contributed by atoms with Crippen LogP contribution in [0.4, 0.5) is 11.5 Å². The van der Waals surface area contributed by atoms with Crippen molar-refractivity contribution in [2.45, 2.75) is 26.7 Å². The van der Waals surface area contributed by atoms with Crippen LogP contribution >= 0.6 is 0 Å². The Morgan fingerprint density at radius 1 is 1.00 bits per heavy atom. The van der Waals surface area contributed by atoms with E-state index in [9.17, 15) is 9.59 Å². The fraction of sp³-hybridized carbons (Fsp3) is 0.286. The van der Waals surface area contributed by atoms with Gasteiger partial charge in [-0.05, 0) is 38.8 Å². The molecule has 1 amide bonds. The third kappa shape index (κ3) is 4.66. The van der Waals surface area contributed by atoms with Gasteiger partial charge in [0.2, 0.25) is 5.91 Å². The number of amides is 1. The topological polar surface area (TPSA) is 88.8 Å². The number of nitrogens with zero attached hydrogens (tertiary/aromatic N) is 4. The van der Waals surface area contributed by atoms with E-state index in [2.05, 4.69) is 46.4 Å². The van der Waals surface area contributed by atoms with Crippen molar-refractivity contribution in [3.8, 4) is 11.3 Å². The van der Waals surface area contributed by atoms with Gasteiger partial charge in [-0.3, -0.25) is 4.79 Å². The Kier molecular flexibility index (Phi) is 6.41. The maximum atomic E-state index is 13.0. The molecule has 0 unspecified atom stereocenters. The summed E-state index contributed by atoms with van der Waals surface area (Å²) in [6.07, 6.45) is 1.39. The number of esters is 1. The Hall–Kier alpha value is -4.20. The number of ether oxygens (including phenoxy) is 1. The SMILES string of the molecule is COC(=O)c1ccccc1NC(=O)C1CCN(c2cc(C)nc3cc(-c4ccc(C)cc4)nn23)CC1. The molecule has 1 N–H and O–H groups in total. The largest absolute Gasteiger partial charge is 0.465 e. The zero-order chi connectivity index (χ0) is 25.2. The Morgan fingerprint density at radius 2 is 1.72 bits per heavy atom. The van der Waals surface area contributed by atoms with Gasteiger partial charge in [-0.25, -0.2) is 9.78 Å². The lowest BCUT2D eigenvalue weighted by Crippen LogP contribution is -2.39. The van der Waals surface area contributed by atoms with E-state index in [1.165, 1.54) is 12.7 Å². The van der Waals surface area contributed by atoms with E-state index in [1.54, 1.807) is 24.3 Å². The van der Waals surface area contributed by atoms with Crippen molar-refractivity contribution >= 4 is 29.0 Å². The monoisotopic (exact) mass is 483 g/mol. The number of nitrogens with one attached hydrogen (secondary N) is 1. The molecule has 1 fully saturated rings. The highest BCUT2D eigenvalue weighted by atomic mass is 16.5. The Labute approximate surface area is 209 Å². The molecule has 0 spiro atoms. The highest BCUT2D eigenvalue weighted by Gasteiger charge is 2.27. The predicted octanol–water partition coefficient (Wildman–Crippen LogP) is 4.65. The van der Waals surface area contributed by atoms with Gasteiger partial charge in [-0.2, -0.15) is 9.61 Å². The number of para-hydroxylation sites is 1. The summed E-state index contributed by atoms with van der Waals surface area (Å²) in [6, 6.07) is 19.3. The lowest BCUT2D eigenvalue weighted by Gasteiger charge is -2.33. The summed E-state index contributed by atoms with van der Waals surface area (Å²) in [5.41, 5.74) is 5.70. The Balaban J connectivity index is 1.32. The number of carbonyl (C=O) groups excluding carboxylic acids is 2. The van der Waals surface area contributed by atoms with Crippen LogP contribution in [0.15, 0.2) is 60.7 Å². The van der Waals surface area contributed by atoms with Crippen molar-refractivity contribution in [1.29, 1.82) is 0 Å². The number of methoxy groups -OCH3 is 1. The van der Waals surface area contributed by atoms with Crippen LogP contribution < -0.4 is 10.2 Å². The number of anilines is 2. The molecule has 1 saturated heterocycles. The van der Waals surface area contributed by atoms with Gasteiger partial charge >= 0.3 is 5.97 Å². The standard InChI is InChI=1S/C28H29N5O3/c1-18-8-10-20(11-9-18)24-17-25-29-19(2)16-26(33(25)31-24)32-14-12-21(13-15-32)27(34)30-23-7-5-4-6-22(23)28(35)36-3/h4-11,16-17,21H,12-15H2,1-3H3,(H,30,34). The number of piperidine rings is 1. The van der Waals surface area contributed by atoms with E-state index < -0.39 is 5.97 Å². The van der Waals surface area contributed by atoms with Crippen LogP contribution in [-0.4, -0.2) is 46.7 Å². The molecule has 2 aromatic heterocycles. The third-order valence-electron chi connectivity index (χ3n) is 6.66. The highest BCUT2D eigenvalue weighted by Crippen LogP contribution is 2.28. The van der Waals surface area contributed by atoms with Gasteiger partial charge in [0, 0.05) is 42.4 Å². The number of aryl methyl sites for hydroxylation is 2. The number of carbonyl (C=O) groups is 2. The summed E-state index contributed by atoms with van der Waals surface area (Å²) >= 11 is 0. The van der Waals surface area contributed by atoms with Gasteiger partial charge in [-0.1, -0.05) is 42.0 Å². The van der Waals surface area contributed by atoms with Crippen LogP contribution in [0.5, 0.6) is 0 Å². The van der Waals surface area contributed by atoms with Crippen LogP contribution in [0, 0.1) is 19.8 Å². The number of rotatable bonds is 5. The molecule has 8 heteroatoms. The van der Waals surface area contributed by atoms with Gasteiger partial charge in [0.25, 0.3) is 0 Å². The molecular weight excluding hydrogens is 454 g/mol. The predicted molar refractivity (Wildman–Crippen MR) is 139 cm³/mol. The molecule has 184 valence electrons. The molecular formula is C28H29N5O3. The van der Waals surface area contributed by atoms with Gasteiger partial charge in [0.05, 0.1) is 24.1 Å². The molecule has 0 aliphatic carbocycles. The maximum absolute atomic E-state index is 13.0. The number of fused-ring (bicyclic) bond motifs is 1. The van der Waals surface area contributed by atoms with Crippen LogP contribution in [0.1, 0.15) is 34.5 Å². The van der Waals surface area contributed by atoms with Crippen molar-refractivity contribution in [3.05, 3.63) is 77.5 Å². The molecule has 0 atom stereocenters. The van der Waals surface area contributed by atoms with Crippen molar-refractivity contribution < 1.29 is 14.3 Å². The van der Waals surface area contributed by atoms with E-state index in [0.717, 1.165) is 41.5 Å². The average Bonchev–Trinajstić information content (AvgIpc) is 3.32. The summed E-state index contributed by atoms with van der Waals surface area (Å²) in [4.78, 5) is 32.0. The summed E-state index contributed by atoms with van der Waals surface area (Å²) in [5, 5.41) is 7.79. The number of benzene rings is 2. The van der Waals surface area contributed by atoms with Crippen LogP contribution in [-0.2, 0) is 9.53 Å². The number of hydrogen-bond acceptors (Lipinski definition) is 6. The smallest absolute Gasteiger partial charge is 0.339 e. The minimum absolute atomic E-state index is 0.0807. The molecule has 8 nitrogen and oxygen atoms in total. The third-order valence-corrected chi connectivity index (χ3v) is 6.66. The fourth-order valence-electron chi connectivity index (χ4n) is 4.66. The average molecular weight is 484 g/mol. The van der Waals surface area contributed by atoms with Crippen LogP contribution in [0.3, 0.4) is 0 Å². The summed E-state index contributed by atoms with van der Waals surface area (Å²) in [7, 11) is 1.33. The minimum Gasteiger partial charge on any atom is -0.465 e. The summed E-state index contributed by atoms with van der Waals surface area (Å²) < 4.78 is 6.73. The van der Waals surface area contributed by atoms with E-state index in [-0.39, 0.29) is 11.8 Å². The van der Waals surface area contributed by atoms with Crippen LogP contribution in [0.2, 0.25) is 0 Å². The van der Waals surface area contributed by atoms with Crippen molar-refractivity contribution in [1.82, 2.24) is 14.6 Å². The second-order valence-electron chi connectivity index (χ2n) is 9.21. The molecule has 3 heterocycles. The quantitative estimate of drug-likeness (QED) is 0.416. The molecule has 4 aromatic rings. The van der Waals surface area contributed by atoms with Gasteiger partial charge in [0.1, 0.15) is 5.82 Å². The maximum Gasteiger partial charge on any atom is 0.339 e. The first-order valence-corrected chi connectivity index (χ1v) is 12.1. The highest BCUT2D eigenvalue weighted by molar-refractivity contribution is 6.01. The van der Waals surface area contributed by atoms with Gasteiger partial charge < -0.3 is 15.0 Å². The molecule has 36 heavy (non-hydrogen) atoms. The second kappa shape index (κ2) is 9.81. The zero-order valence-electron chi connectivity index (χ0n) is 20.7. The normalized spacial score (nSPS) is 14.1. The first-order valence-electron chi connectivity index (χ1n) is 12.1. The Bertz CT molecular complexity index is 1420. The molecule has 1 aliphatic rings. The van der Waals surface area contributed by atoms with Gasteiger partial charge in [0.15, 0.2) is 5.65 Å². The van der Waals surface area contributed by atoms with Crippen molar-refractivity contribution in [2.24, 2.45) is 5.92 Å². The number of hydrogen-bond donors (Lipinski definition) is 1. The van der Waals surface area contributed by atoms with Crippen LogP contribution in [0.25, 0.3) is 16.9 Å². The fourth-order valence-corrected chi connectivity index (χ4v) is 4.66. The van der Waals surface area contributed by atoms with E-state index >= 15 is 0 Å². The summed E-state index contributed by atoms with van der Waals surface area (Å²) in [6.45, 7) is 5.49. The van der Waals surface area contributed by atoms with Gasteiger partial charge in [-0.15, -0.1) is 0 Å². The molecule has 0 saturated carbocycles. The van der Waals surface area contributed by atoms with E-state index in [1.807, 2.05) is 23.6 Å². The molecule has 0 bridgehead atoms. The zero-order valence-corrected chi connectivity index (χ0v) is 20.7. The number of aromatic nitrogens is 3. The Morgan fingerprint density at radius 3 is 2.44 bits per heavy atom. The molecule has 1 aliphatic heterocycles. The molecule has 2 aromatic carbocycles. The first kappa shape index (κ1) is 23.5. The lowest BCUT2D eigenvalue weighted by molar-refractivity contribution is -0.120. The summed E-state index contributed by atoms with van der Waals surface area (Å²) in [5.74, 6) is 0.279. The first-order chi connectivity index (χ1) is 17.4. The minimum atomic E-state index is -0.470. The second-order valence-corrected chi connectivity index (χ2v) is 9.21. The lowest BCUT2D eigenvalue weighted by atomic mass is 9.95. The van der Waals surface area contributed by atoms with Crippen molar-refractivity contribution in [3.63, 3.8) is 0 Å².